The zero-order valence-electron chi connectivity index (χ0n) is 13.7. The predicted octanol–water partition coefficient (Wildman–Crippen LogP) is 3.02. The number of likely N-dealkylation sites (tertiary alicyclic amines) is 1. The number of benzene rings is 1. The number of hydrogen-bond donors (Lipinski definition) is 1. The molecular weight excluding hydrogens is 362 g/mol. The molecule has 1 aliphatic rings. The Morgan fingerprint density at radius 2 is 2.04 bits per heavy atom. The van der Waals surface area contributed by atoms with Gasteiger partial charge in [0.2, 0.25) is 0 Å². The number of carbonyl (C=O) groups excluding carboxylic acids is 1. The average Bonchev–Trinajstić information content (AvgIpc) is 2.50. The molecule has 0 bridgehead atoms. The third-order valence-corrected chi connectivity index (χ3v) is 5.33. The fourth-order valence-electron chi connectivity index (χ4n) is 3.12. The van der Waals surface area contributed by atoms with Crippen LogP contribution in [0.1, 0.15) is 34.3 Å². The molecule has 1 heterocycles. The van der Waals surface area contributed by atoms with Gasteiger partial charge >= 0.3 is 5.97 Å². The number of ether oxygens (including phenoxy) is 1. The molecule has 1 aromatic carbocycles. The van der Waals surface area contributed by atoms with Crippen molar-refractivity contribution in [2.45, 2.75) is 26.7 Å². The van der Waals surface area contributed by atoms with E-state index in [2.05, 4.69) is 15.9 Å². The topological polar surface area (TPSA) is 66.8 Å². The molecule has 126 valence electrons. The lowest BCUT2D eigenvalue weighted by molar-refractivity contribution is -0.155. The summed E-state index contributed by atoms with van der Waals surface area (Å²) in [6.45, 7) is 4.70. The highest BCUT2D eigenvalue weighted by Gasteiger charge is 2.44. The van der Waals surface area contributed by atoms with Crippen LogP contribution in [0, 0.1) is 19.3 Å². The monoisotopic (exact) mass is 383 g/mol. The van der Waals surface area contributed by atoms with E-state index in [0.29, 0.717) is 24.9 Å². The van der Waals surface area contributed by atoms with Crippen molar-refractivity contribution in [3.8, 4) is 0 Å². The van der Waals surface area contributed by atoms with Crippen LogP contribution in [0.2, 0.25) is 0 Å². The average molecular weight is 384 g/mol. The first-order valence-electron chi connectivity index (χ1n) is 7.59. The molecule has 2 rings (SSSR count). The number of nitrogens with zero attached hydrogens (tertiary/aromatic N) is 1. The van der Waals surface area contributed by atoms with E-state index in [0.717, 1.165) is 15.6 Å². The molecule has 0 radical (unpaired) electrons. The minimum absolute atomic E-state index is 0.112. The molecule has 1 amide bonds. The Hall–Kier alpha value is -1.40. The zero-order chi connectivity index (χ0) is 17.2. The lowest BCUT2D eigenvalue weighted by Crippen LogP contribution is -2.52. The largest absolute Gasteiger partial charge is 0.481 e. The van der Waals surface area contributed by atoms with E-state index in [1.54, 1.807) is 4.90 Å². The molecule has 1 fully saturated rings. The fourth-order valence-corrected chi connectivity index (χ4v) is 3.58. The minimum atomic E-state index is -1.01. The van der Waals surface area contributed by atoms with Gasteiger partial charge in [-0.05, 0) is 49.9 Å². The van der Waals surface area contributed by atoms with Crippen LogP contribution in [-0.2, 0) is 9.53 Å². The summed E-state index contributed by atoms with van der Waals surface area (Å²) in [7, 11) is 1.49. The normalized spacial score (nSPS) is 21.3. The number of carboxylic acid groups (broad SMARTS) is 1. The van der Waals surface area contributed by atoms with Crippen LogP contribution in [0.25, 0.3) is 0 Å². The maximum atomic E-state index is 12.9. The number of piperidine rings is 1. The van der Waals surface area contributed by atoms with Crippen LogP contribution < -0.4 is 0 Å². The lowest BCUT2D eigenvalue weighted by Gasteiger charge is -2.39. The highest BCUT2D eigenvalue weighted by molar-refractivity contribution is 9.10. The van der Waals surface area contributed by atoms with Gasteiger partial charge in [0.25, 0.3) is 5.91 Å². The first-order chi connectivity index (χ1) is 10.8. The molecule has 1 aromatic rings. The van der Waals surface area contributed by atoms with E-state index < -0.39 is 11.4 Å². The van der Waals surface area contributed by atoms with Gasteiger partial charge in [-0.25, -0.2) is 0 Å². The summed E-state index contributed by atoms with van der Waals surface area (Å²) >= 11 is 3.46. The van der Waals surface area contributed by atoms with Gasteiger partial charge in [-0.1, -0.05) is 15.9 Å². The van der Waals surface area contributed by atoms with Crippen molar-refractivity contribution < 1.29 is 19.4 Å². The molecule has 5 nitrogen and oxygen atoms in total. The molecule has 1 N–H and O–H groups in total. The Kier molecular flexibility index (Phi) is 5.47. The summed E-state index contributed by atoms with van der Waals surface area (Å²) in [4.78, 5) is 26.2. The first-order valence-corrected chi connectivity index (χ1v) is 8.38. The summed E-state index contributed by atoms with van der Waals surface area (Å²) in [5.74, 6) is -1.01. The lowest BCUT2D eigenvalue weighted by atomic mass is 9.80. The van der Waals surface area contributed by atoms with Gasteiger partial charge in [0.05, 0.1) is 6.61 Å². The summed E-state index contributed by atoms with van der Waals surface area (Å²) in [6, 6.07) is 3.78. The molecule has 23 heavy (non-hydrogen) atoms. The van der Waals surface area contributed by atoms with Gasteiger partial charge in [0.1, 0.15) is 5.41 Å². The van der Waals surface area contributed by atoms with Crippen molar-refractivity contribution in [1.29, 1.82) is 0 Å². The molecule has 6 heteroatoms. The molecular formula is C17H22BrNO4. The van der Waals surface area contributed by atoms with Crippen LogP contribution in [-0.4, -0.2) is 48.7 Å². The summed E-state index contributed by atoms with van der Waals surface area (Å²) in [5, 5.41) is 9.60. The Morgan fingerprint density at radius 3 is 2.65 bits per heavy atom. The molecule has 1 atom stereocenters. The highest BCUT2D eigenvalue weighted by Crippen LogP contribution is 2.32. The number of hydrogen-bond acceptors (Lipinski definition) is 3. The number of aryl methyl sites for hydroxylation is 2. The van der Waals surface area contributed by atoms with Gasteiger partial charge in [-0.15, -0.1) is 0 Å². The van der Waals surface area contributed by atoms with Crippen LogP contribution in [0.4, 0.5) is 0 Å². The zero-order valence-corrected chi connectivity index (χ0v) is 15.3. The van der Waals surface area contributed by atoms with Crippen molar-refractivity contribution >= 4 is 27.8 Å². The summed E-state index contributed by atoms with van der Waals surface area (Å²) in [6.07, 6.45) is 1.19. The number of halogens is 1. The van der Waals surface area contributed by atoms with Gasteiger partial charge in [-0.3, -0.25) is 9.59 Å². The number of carboxylic acids is 1. The molecule has 0 aromatic heterocycles. The Labute approximate surface area is 144 Å². The molecule has 0 aliphatic carbocycles. The van der Waals surface area contributed by atoms with E-state index in [4.69, 9.17) is 4.74 Å². The van der Waals surface area contributed by atoms with Gasteiger partial charge < -0.3 is 14.7 Å². The Bertz CT molecular complexity index is 627. The summed E-state index contributed by atoms with van der Waals surface area (Å²) in [5.41, 5.74) is 1.48. The Balaban J connectivity index is 2.29. The molecule has 1 saturated heterocycles. The number of carbonyl (C=O) groups is 2. The first kappa shape index (κ1) is 17.9. The van der Waals surface area contributed by atoms with Gasteiger partial charge in [0.15, 0.2) is 0 Å². The third kappa shape index (κ3) is 3.58. The van der Waals surface area contributed by atoms with Gasteiger partial charge in [0, 0.05) is 30.2 Å². The van der Waals surface area contributed by atoms with E-state index in [1.165, 1.54) is 7.11 Å². The fraction of sp³-hybridized carbons (Fsp3) is 0.529. The minimum Gasteiger partial charge on any atom is -0.481 e. The predicted molar refractivity (Wildman–Crippen MR) is 90.7 cm³/mol. The maximum Gasteiger partial charge on any atom is 0.313 e. The van der Waals surface area contributed by atoms with E-state index in [9.17, 15) is 14.7 Å². The number of methoxy groups -OCH3 is 1. The standard InChI is InChI=1S/C17H22BrNO4/c1-11-8-14(18)12(2)7-13(11)15(20)19-6-4-5-17(9-19,10-23-3)16(21)22/h7-8H,4-6,9-10H2,1-3H3,(H,21,22). The molecule has 0 saturated carbocycles. The van der Waals surface area contributed by atoms with Crippen LogP contribution >= 0.6 is 15.9 Å². The van der Waals surface area contributed by atoms with Crippen LogP contribution in [0.15, 0.2) is 16.6 Å². The molecule has 0 spiro atoms. The smallest absolute Gasteiger partial charge is 0.313 e. The number of rotatable bonds is 4. The van der Waals surface area contributed by atoms with Crippen molar-refractivity contribution in [1.82, 2.24) is 4.90 Å². The van der Waals surface area contributed by atoms with Crippen LogP contribution in [0.3, 0.4) is 0 Å². The van der Waals surface area contributed by atoms with E-state index >= 15 is 0 Å². The second kappa shape index (κ2) is 7.01. The van der Waals surface area contributed by atoms with E-state index in [-0.39, 0.29) is 19.1 Å². The van der Waals surface area contributed by atoms with E-state index in [1.807, 2.05) is 26.0 Å². The van der Waals surface area contributed by atoms with Crippen molar-refractivity contribution in [3.05, 3.63) is 33.3 Å². The second-order valence-corrected chi connectivity index (χ2v) is 7.12. The Morgan fingerprint density at radius 1 is 1.35 bits per heavy atom. The quantitative estimate of drug-likeness (QED) is 0.867. The highest BCUT2D eigenvalue weighted by atomic mass is 79.9. The second-order valence-electron chi connectivity index (χ2n) is 6.27. The number of amides is 1. The molecule has 1 unspecified atom stereocenters. The summed E-state index contributed by atoms with van der Waals surface area (Å²) < 4.78 is 6.08. The number of aliphatic carboxylic acids is 1. The van der Waals surface area contributed by atoms with Crippen molar-refractivity contribution in [2.75, 3.05) is 26.8 Å². The van der Waals surface area contributed by atoms with Gasteiger partial charge in [-0.2, -0.15) is 0 Å². The molecule has 1 aliphatic heterocycles. The third-order valence-electron chi connectivity index (χ3n) is 4.47. The van der Waals surface area contributed by atoms with Crippen molar-refractivity contribution in [2.24, 2.45) is 5.41 Å². The maximum absolute atomic E-state index is 12.9. The SMILES string of the molecule is COCC1(C(=O)O)CCCN(C(=O)c2cc(C)c(Br)cc2C)C1. The van der Waals surface area contributed by atoms with Crippen molar-refractivity contribution in [3.63, 3.8) is 0 Å². The van der Waals surface area contributed by atoms with Crippen LogP contribution in [0.5, 0.6) is 0 Å².